The lowest BCUT2D eigenvalue weighted by atomic mass is 10.4. The van der Waals surface area contributed by atoms with E-state index in [1.165, 1.54) is 14.0 Å². The van der Waals surface area contributed by atoms with Gasteiger partial charge in [-0.2, -0.15) is 5.10 Å². The van der Waals surface area contributed by atoms with Crippen molar-refractivity contribution in [2.75, 3.05) is 7.11 Å². The topological polar surface area (TPSA) is 93.8 Å². The summed E-state index contributed by atoms with van der Waals surface area (Å²) in [4.78, 5) is 20.6. The van der Waals surface area contributed by atoms with E-state index in [2.05, 4.69) is 15.6 Å². The van der Waals surface area contributed by atoms with Crippen molar-refractivity contribution < 1.29 is 14.3 Å². The predicted octanol–water partition coefficient (Wildman–Crippen LogP) is -0.796. The first-order chi connectivity index (χ1) is 5.07. The van der Waals surface area contributed by atoms with Crippen LogP contribution >= 0.6 is 0 Å². The highest BCUT2D eigenvalue weighted by atomic mass is 16.5. The van der Waals surface area contributed by atoms with Gasteiger partial charge in [-0.3, -0.25) is 0 Å². The Kier molecular flexibility index (Phi) is 3.65. The van der Waals surface area contributed by atoms with Gasteiger partial charge in [0.2, 0.25) is 0 Å². The Bertz CT molecular complexity index is 199. The number of urea groups is 1. The summed E-state index contributed by atoms with van der Waals surface area (Å²) >= 11 is 0. The number of nitrogens with one attached hydrogen (secondary N) is 1. The number of hydrazone groups is 1. The fraction of sp³-hybridized carbons (Fsp3) is 0.400. The quantitative estimate of drug-likeness (QED) is 0.314. The monoisotopic (exact) mass is 159 g/mol. The van der Waals surface area contributed by atoms with Crippen molar-refractivity contribution >= 4 is 17.7 Å². The number of primary amides is 1. The summed E-state index contributed by atoms with van der Waals surface area (Å²) in [5, 5.41) is 3.31. The number of rotatable bonds is 2. The minimum absolute atomic E-state index is 0.0336. The molecule has 0 fully saturated rings. The second-order valence-corrected chi connectivity index (χ2v) is 1.66. The number of esters is 1. The maximum Gasteiger partial charge on any atom is 0.353 e. The molecule has 0 aromatic rings. The van der Waals surface area contributed by atoms with Gasteiger partial charge in [0.25, 0.3) is 0 Å². The second-order valence-electron chi connectivity index (χ2n) is 1.66. The normalized spacial score (nSPS) is 10.5. The Morgan fingerprint density at radius 1 is 1.55 bits per heavy atom. The van der Waals surface area contributed by atoms with Crippen molar-refractivity contribution in [2.24, 2.45) is 10.8 Å². The van der Waals surface area contributed by atoms with Gasteiger partial charge in [0.1, 0.15) is 5.71 Å². The van der Waals surface area contributed by atoms with Gasteiger partial charge in [0, 0.05) is 0 Å². The molecule has 3 N–H and O–H groups in total. The molecule has 0 rings (SSSR count). The van der Waals surface area contributed by atoms with Gasteiger partial charge in [-0.25, -0.2) is 15.0 Å². The molecule has 0 aromatic heterocycles. The Labute approximate surface area is 63.4 Å². The van der Waals surface area contributed by atoms with Crippen LogP contribution in [0.2, 0.25) is 0 Å². The van der Waals surface area contributed by atoms with E-state index in [0.29, 0.717) is 0 Å². The molecule has 0 radical (unpaired) electrons. The second kappa shape index (κ2) is 4.26. The number of carbonyl (C=O) groups is 2. The van der Waals surface area contributed by atoms with E-state index < -0.39 is 12.0 Å². The molecule has 11 heavy (non-hydrogen) atoms. The van der Waals surface area contributed by atoms with Crippen molar-refractivity contribution in [1.29, 1.82) is 0 Å². The average molecular weight is 159 g/mol. The van der Waals surface area contributed by atoms with Gasteiger partial charge in [0.05, 0.1) is 7.11 Å². The van der Waals surface area contributed by atoms with E-state index in [4.69, 9.17) is 0 Å². The molecular formula is C5H9N3O3. The van der Waals surface area contributed by atoms with Gasteiger partial charge >= 0.3 is 12.0 Å². The zero-order valence-electron chi connectivity index (χ0n) is 6.25. The Morgan fingerprint density at radius 3 is 2.45 bits per heavy atom. The van der Waals surface area contributed by atoms with Crippen molar-refractivity contribution in [3.63, 3.8) is 0 Å². The molecule has 0 atom stereocenters. The van der Waals surface area contributed by atoms with E-state index >= 15 is 0 Å². The maximum absolute atomic E-state index is 10.6. The van der Waals surface area contributed by atoms with Gasteiger partial charge in [-0.1, -0.05) is 0 Å². The largest absolute Gasteiger partial charge is 0.464 e. The van der Waals surface area contributed by atoms with E-state index in [-0.39, 0.29) is 5.71 Å². The SMILES string of the molecule is COC(=O)/C(C)=N/NC(N)=O. The van der Waals surface area contributed by atoms with Crippen LogP contribution in [-0.4, -0.2) is 24.8 Å². The number of methoxy groups -OCH3 is 1. The third-order valence-electron chi connectivity index (χ3n) is 0.815. The smallest absolute Gasteiger partial charge is 0.353 e. The molecule has 2 amide bonds. The van der Waals surface area contributed by atoms with Gasteiger partial charge in [-0.05, 0) is 6.92 Å². The van der Waals surface area contributed by atoms with Crippen molar-refractivity contribution in [1.82, 2.24) is 5.43 Å². The lowest BCUT2D eigenvalue weighted by Gasteiger charge is -1.96. The number of ether oxygens (including phenoxy) is 1. The van der Waals surface area contributed by atoms with E-state index in [0.717, 1.165) is 0 Å². The molecule has 0 unspecified atom stereocenters. The Morgan fingerprint density at radius 2 is 2.09 bits per heavy atom. The highest BCUT2D eigenvalue weighted by Gasteiger charge is 2.03. The summed E-state index contributed by atoms with van der Waals surface area (Å²) in [6, 6.07) is -0.826. The Hall–Kier alpha value is -1.59. The molecule has 0 aliphatic heterocycles. The molecule has 6 nitrogen and oxygen atoms in total. The standard InChI is InChI=1S/C5H9N3O3/c1-3(4(9)11-2)7-8-5(6)10/h1-2H3,(H3,6,8,10)/b7-3+. The zero-order valence-corrected chi connectivity index (χ0v) is 6.25. The zero-order chi connectivity index (χ0) is 8.85. The lowest BCUT2D eigenvalue weighted by molar-refractivity contribution is -0.132. The van der Waals surface area contributed by atoms with Crippen LogP contribution in [0, 0.1) is 0 Å². The van der Waals surface area contributed by atoms with Crippen LogP contribution in [0.1, 0.15) is 6.92 Å². The summed E-state index contributed by atoms with van der Waals surface area (Å²) in [7, 11) is 1.21. The maximum atomic E-state index is 10.6. The third kappa shape index (κ3) is 3.90. The molecular weight excluding hydrogens is 150 g/mol. The van der Waals surface area contributed by atoms with Crippen LogP contribution < -0.4 is 11.2 Å². The average Bonchev–Trinajstić information content (AvgIpc) is 1.98. The van der Waals surface area contributed by atoms with Crippen molar-refractivity contribution in [2.45, 2.75) is 6.92 Å². The summed E-state index contributed by atoms with van der Waals surface area (Å²) in [5.74, 6) is -0.612. The van der Waals surface area contributed by atoms with Crippen LogP contribution in [0.5, 0.6) is 0 Å². The van der Waals surface area contributed by atoms with Crippen molar-refractivity contribution in [3.8, 4) is 0 Å². The van der Waals surface area contributed by atoms with Gasteiger partial charge in [-0.15, -0.1) is 0 Å². The first-order valence-corrected chi connectivity index (χ1v) is 2.76. The molecule has 0 spiro atoms. The first kappa shape index (κ1) is 9.41. The molecule has 0 aliphatic carbocycles. The van der Waals surface area contributed by atoms with Crippen LogP contribution in [0.25, 0.3) is 0 Å². The molecule has 0 aromatic carbocycles. The van der Waals surface area contributed by atoms with Crippen LogP contribution in [0.4, 0.5) is 4.79 Å². The summed E-state index contributed by atoms with van der Waals surface area (Å²) < 4.78 is 4.28. The van der Waals surface area contributed by atoms with Gasteiger partial charge < -0.3 is 10.5 Å². The molecule has 0 saturated carbocycles. The summed E-state index contributed by atoms with van der Waals surface area (Å²) in [6.45, 7) is 1.39. The number of amides is 2. The number of hydrogen-bond acceptors (Lipinski definition) is 4. The van der Waals surface area contributed by atoms with E-state index in [9.17, 15) is 9.59 Å². The Balaban J connectivity index is 4.00. The van der Waals surface area contributed by atoms with Gasteiger partial charge in [0.15, 0.2) is 0 Å². The first-order valence-electron chi connectivity index (χ1n) is 2.76. The van der Waals surface area contributed by atoms with E-state index in [1.807, 2.05) is 5.43 Å². The van der Waals surface area contributed by atoms with Crippen LogP contribution in [0.15, 0.2) is 5.10 Å². The van der Waals surface area contributed by atoms with Crippen molar-refractivity contribution in [3.05, 3.63) is 0 Å². The third-order valence-corrected chi connectivity index (χ3v) is 0.815. The highest BCUT2D eigenvalue weighted by molar-refractivity contribution is 6.35. The predicted molar refractivity (Wildman–Crippen MR) is 37.8 cm³/mol. The molecule has 0 saturated heterocycles. The highest BCUT2D eigenvalue weighted by Crippen LogP contribution is 1.78. The number of nitrogens with two attached hydrogens (primary N) is 1. The number of carbonyl (C=O) groups excluding carboxylic acids is 2. The fourth-order valence-electron chi connectivity index (χ4n) is 0.332. The molecule has 6 heteroatoms. The van der Waals surface area contributed by atoms with E-state index in [1.54, 1.807) is 0 Å². The number of nitrogens with zero attached hydrogens (tertiary/aromatic N) is 1. The number of hydrogen-bond donors (Lipinski definition) is 2. The summed E-state index contributed by atoms with van der Waals surface area (Å²) in [6.07, 6.45) is 0. The fourth-order valence-corrected chi connectivity index (χ4v) is 0.332. The molecule has 0 heterocycles. The minimum Gasteiger partial charge on any atom is -0.464 e. The minimum atomic E-state index is -0.826. The van der Waals surface area contributed by atoms with Crippen LogP contribution in [-0.2, 0) is 9.53 Å². The molecule has 62 valence electrons. The van der Waals surface area contributed by atoms with Crippen LogP contribution in [0.3, 0.4) is 0 Å². The lowest BCUT2D eigenvalue weighted by Crippen LogP contribution is -2.27. The molecule has 0 bridgehead atoms. The summed E-state index contributed by atoms with van der Waals surface area (Å²) in [5.41, 5.74) is 6.59. The molecule has 0 aliphatic rings.